The number of aryl methyl sites for hydroxylation is 1. The Labute approximate surface area is 146 Å². The van der Waals surface area contributed by atoms with Crippen molar-refractivity contribution in [3.63, 3.8) is 0 Å². The van der Waals surface area contributed by atoms with Gasteiger partial charge in [0, 0.05) is 33.4 Å². The first-order valence-corrected chi connectivity index (χ1v) is 8.25. The van der Waals surface area contributed by atoms with Crippen LogP contribution < -0.4 is 5.32 Å². The number of fused-ring (bicyclic) bond motifs is 1. The zero-order valence-electron chi connectivity index (χ0n) is 13.9. The Morgan fingerprint density at radius 2 is 1.72 bits per heavy atom. The summed E-state index contributed by atoms with van der Waals surface area (Å²) in [7, 11) is 0. The Morgan fingerprint density at radius 1 is 0.880 bits per heavy atom. The number of H-pyrrole nitrogens is 1. The van der Waals surface area contributed by atoms with Gasteiger partial charge in [-0.1, -0.05) is 48.0 Å². The van der Waals surface area contributed by atoms with E-state index in [1.54, 1.807) is 0 Å². The standard InChI is InChI=1S/C22H18N2O/c1-15-6-4-9-18(12-15)22(25)23-19-10-5-8-16(13-19)21-14-17-7-2-3-11-20(17)24-21/h2-14,24H,1H3,(H,23,25). The summed E-state index contributed by atoms with van der Waals surface area (Å²) in [5.41, 5.74) is 5.69. The highest BCUT2D eigenvalue weighted by Gasteiger charge is 2.08. The SMILES string of the molecule is Cc1cccc(C(=O)Nc2cccc(-c3cc4ccccc4[nH]3)c2)c1. The molecule has 0 bridgehead atoms. The van der Waals surface area contributed by atoms with Gasteiger partial charge in [0.15, 0.2) is 0 Å². The van der Waals surface area contributed by atoms with E-state index < -0.39 is 0 Å². The molecule has 0 radical (unpaired) electrons. The van der Waals surface area contributed by atoms with Gasteiger partial charge in [-0.3, -0.25) is 4.79 Å². The van der Waals surface area contributed by atoms with Crippen molar-refractivity contribution in [2.45, 2.75) is 6.92 Å². The largest absolute Gasteiger partial charge is 0.355 e. The van der Waals surface area contributed by atoms with E-state index in [1.807, 2.05) is 67.6 Å². The minimum absolute atomic E-state index is 0.0995. The number of rotatable bonds is 3. The van der Waals surface area contributed by atoms with E-state index in [4.69, 9.17) is 0 Å². The lowest BCUT2D eigenvalue weighted by Gasteiger charge is -2.07. The van der Waals surface area contributed by atoms with Crippen LogP contribution in [0, 0.1) is 6.92 Å². The van der Waals surface area contributed by atoms with E-state index in [0.717, 1.165) is 28.0 Å². The molecule has 3 aromatic carbocycles. The fourth-order valence-electron chi connectivity index (χ4n) is 2.98. The van der Waals surface area contributed by atoms with Crippen LogP contribution in [0.4, 0.5) is 5.69 Å². The van der Waals surface area contributed by atoms with Gasteiger partial charge >= 0.3 is 0 Å². The van der Waals surface area contributed by atoms with Crippen LogP contribution in [-0.4, -0.2) is 10.9 Å². The lowest BCUT2D eigenvalue weighted by molar-refractivity contribution is 0.102. The highest BCUT2D eigenvalue weighted by Crippen LogP contribution is 2.26. The number of aromatic amines is 1. The number of hydrogen-bond acceptors (Lipinski definition) is 1. The van der Waals surface area contributed by atoms with Crippen molar-refractivity contribution < 1.29 is 4.79 Å². The van der Waals surface area contributed by atoms with E-state index in [-0.39, 0.29) is 5.91 Å². The summed E-state index contributed by atoms with van der Waals surface area (Å²) in [5, 5.41) is 4.15. The summed E-state index contributed by atoms with van der Waals surface area (Å²) in [6, 6.07) is 25.8. The van der Waals surface area contributed by atoms with E-state index in [1.165, 1.54) is 5.39 Å². The second-order valence-electron chi connectivity index (χ2n) is 6.17. The molecule has 3 heteroatoms. The summed E-state index contributed by atoms with van der Waals surface area (Å²) in [6.45, 7) is 1.98. The number of hydrogen-bond donors (Lipinski definition) is 2. The maximum Gasteiger partial charge on any atom is 0.255 e. The fourth-order valence-corrected chi connectivity index (χ4v) is 2.98. The molecular formula is C22H18N2O. The molecule has 4 aromatic rings. The number of amides is 1. The predicted octanol–water partition coefficient (Wildman–Crippen LogP) is 5.40. The van der Waals surface area contributed by atoms with Gasteiger partial charge in [0.05, 0.1) is 0 Å². The molecule has 1 heterocycles. The Bertz CT molecular complexity index is 1030. The smallest absolute Gasteiger partial charge is 0.255 e. The van der Waals surface area contributed by atoms with Gasteiger partial charge in [-0.15, -0.1) is 0 Å². The topological polar surface area (TPSA) is 44.9 Å². The van der Waals surface area contributed by atoms with Crippen LogP contribution in [0.2, 0.25) is 0 Å². The molecule has 3 nitrogen and oxygen atoms in total. The second kappa shape index (κ2) is 6.29. The zero-order chi connectivity index (χ0) is 17.2. The van der Waals surface area contributed by atoms with Crippen LogP contribution in [0.25, 0.3) is 22.2 Å². The number of carbonyl (C=O) groups is 1. The van der Waals surface area contributed by atoms with E-state index in [0.29, 0.717) is 5.56 Å². The highest BCUT2D eigenvalue weighted by atomic mass is 16.1. The lowest BCUT2D eigenvalue weighted by Crippen LogP contribution is -2.11. The van der Waals surface area contributed by atoms with Crippen molar-refractivity contribution in [1.29, 1.82) is 0 Å². The summed E-state index contributed by atoms with van der Waals surface area (Å²) in [5.74, 6) is -0.0995. The molecular weight excluding hydrogens is 308 g/mol. The van der Waals surface area contributed by atoms with Gasteiger partial charge in [-0.25, -0.2) is 0 Å². The Hall–Kier alpha value is -3.33. The first-order valence-electron chi connectivity index (χ1n) is 8.25. The average molecular weight is 326 g/mol. The van der Waals surface area contributed by atoms with Gasteiger partial charge < -0.3 is 10.3 Å². The molecule has 122 valence electrons. The summed E-state index contributed by atoms with van der Waals surface area (Å²) >= 11 is 0. The fraction of sp³-hybridized carbons (Fsp3) is 0.0455. The third-order valence-electron chi connectivity index (χ3n) is 4.24. The normalized spacial score (nSPS) is 10.8. The van der Waals surface area contributed by atoms with Gasteiger partial charge in [-0.05, 0) is 43.3 Å². The number of benzene rings is 3. The molecule has 0 aliphatic carbocycles. The summed E-state index contributed by atoms with van der Waals surface area (Å²) < 4.78 is 0. The molecule has 0 atom stereocenters. The number of para-hydroxylation sites is 1. The highest BCUT2D eigenvalue weighted by molar-refractivity contribution is 6.04. The molecule has 25 heavy (non-hydrogen) atoms. The van der Waals surface area contributed by atoms with Crippen LogP contribution in [0.3, 0.4) is 0 Å². The molecule has 1 aromatic heterocycles. The average Bonchev–Trinajstić information content (AvgIpc) is 3.06. The van der Waals surface area contributed by atoms with Crippen molar-refractivity contribution >= 4 is 22.5 Å². The predicted molar refractivity (Wildman–Crippen MR) is 103 cm³/mol. The van der Waals surface area contributed by atoms with Crippen molar-refractivity contribution in [2.75, 3.05) is 5.32 Å². The molecule has 2 N–H and O–H groups in total. The zero-order valence-corrected chi connectivity index (χ0v) is 13.9. The van der Waals surface area contributed by atoms with Crippen molar-refractivity contribution in [1.82, 2.24) is 4.98 Å². The number of nitrogens with one attached hydrogen (secondary N) is 2. The molecule has 0 aliphatic heterocycles. The molecule has 0 spiro atoms. The Kier molecular flexibility index (Phi) is 3.82. The molecule has 4 rings (SSSR count). The third-order valence-corrected chi connectivity index (χ3v) is 4.24. The van der Waals surface area contributed by atoms with Crippen LogP contribution >= 0.6 is 0 Å². The van der Waals surface area contributed by atoms with Gasteiger partial charge in [-0.2, -0.15) is 0 Å². The van der Waals surface area contributed by atoms with Crippen molar-refractivity contribution in [2.24, 2.45) is 0 Å². The van der Waals surface area contributed by atoms with Crippen LogP contribution in [0.5, 0.6) is 0 Å². The Morgan fingerprint density at radius 3 is 2.56 bits per heavy atom. The first-order chi connectivity index (χ1) is 12.2. The summed E-state index contributed by atoms with van der Waals surface area (Å²) in [6.07, 6.45) is 0. The maximum atomic E-state index is 12.4. The molecule has 0 saturated carbocycles. The van der Waals surface area contributed by atoms with Crippen LogP contribution in [0.1, 0.15) is 15.9 Å². The third kappa shape index (κ3) is 3.17. The first kappa shape index (κ1) is 15.2. The number of aromatic nitrogens is 1. The quantitative estimate of drug-likeness (QED) is 0.520. The maximum absolute atomic E-state index is 12.4. The van der Waals surface area contributed by atoms with Gasteiger partial charge in [0.2, 0.25) is 0 Å². The molecule has 1 amide bonds. The minimum Gasteiger partial charge on any atom is -0.355 e. The summed E-state index contributed by atoms with van der Waals surface area (Å²) in [4.78, 5) is 15.9. The monoisotopic (exact) mass is 326 g/mol. The molecule has 0 saturated heterocycles. The lowest BCUT2D eigenvalue weighted by atomic mass is 10.1. The molecule has 0 fully saturated rings. The van der Waals surface area contributed by atoms with Gasteiger partial charge in [0.1, 0.15) is 0 Å². The Balaban J connectivity index is 1.62. The van der Waals surface area contributed by atoms with Crippen molar-refractivity contribution in [3.8, 4) is 11.3 Å². The number of carbonyl (C=O) groups excluding carboxylic acids is 1. The molecule has 0 aliphatic rings. The van der Waals surface area contributed by atoms with Crippen LogP contribution in [-0.2, 0) is 0 Å². The van der Waals surface area contributed by atoms with Crippen LogP contribution in [0.15, 0.2) is 78.9 Å². The second-order valence-corrected chi connectivity index (χ2v) is 6.17. The molecule has 0 unspecified atom stereocenters. The van der Waals surface area contributed by atoms with E-state index >= 15 is 0 Å². The minimum atomic E-state index is -0.0995. The number of anilines is 1. The van der Waals surface area contributed by atoms with E-state index in [9.17, 15) is 4.79 Å². The van der Waals surface area contributed by atoms with E-state index in [2.05, 4.69) is 28.5 Å². The van der Waals surface area contributed by atoms with Crippen molar-refractivity contribution in [3.05, 3.63) is 90.0 Å². The van der Waals surface area contributed by atoms with Gasteiger partial charge in [0.25, 0.3) is 5.91 Å².